The molecule has 0 aliphatic heterocycles. The van der Waals surface area contributed by atoms with E-state index < -0.39 is 10.0 Å². The number of sulfonamides is 1. The molecule has 0 aliphatic carbocycles. The van der Waals surface area contributed by atoms with Crippen molar-refractivity contribution in [1.29, 1.82) is 0 Å². The molecule has 0 aromatic heterocycles. The van der Waals surface area contributed by atoms with E-state index in [2.05, 4.69) is 5.32 Å². The molecule has 0 saturated carbocycles. The Balaban J connectivity index is 2.74. The monoisotopic (exact) mass is 356 g/mol. The van der Waals surface area contributed by atoms with Gasteiger partial charge in [0.2, 0.25) is 15.9 Å². The van der Waals surface area contributed by atoms with Crippen molar-refractivity contribution in [1.82, 2.24) is 9.62 Å². The van der Waals surface area contributed by atoms with Gasteiger partial charge in [-0.05, 0) is 44.4 Å². The van der Waals surface area contributed by atoms with Crippen LogP contribution < -0.4 is 5.32 Å². The Morgan fingerprint density at radius 3 is 2.58 bits per heavy atom. The lowest BCUT2D eigenvalue weighted by molar-refractivity contribution is -0.121. The third-order valence-corrected chi connectivity index (χ3v) is 5.69. The zero-order valence-electron chi connectivity index (χ0n) is 15.0. The minimum absolute atomic E-state index is 0.180. The van der Waals surface area contributed by atoms with Gasteiger partial charge in [-0.1, -0.05) is 19.1 Å². The number of nitrogens with zero attached hydrogens (tertiary/aromatic N) is 1. The SMILES string of the molecule is CCOCCCNC(=O)CN(CC)S(=O)(=O)c1cc(C)ccc1C. The molecular weight excluding hydrogens is 328 g/mol. The van der Waals surface area contributed by atoms with Crippen LogP contribution in [-0.2, 0) is 19.6 Å². The summed E-state index contributed by atoms with van der Waals surface area (Å²) in [6.07, 6.45) is 0.704. The number of hydrogen-bond donors (Lipinski definition) is 1. The van der Waals surface area contributed by atoms with Gasteiger partial charge in [0.15, 0.2) is 0 Å². The average molecular weight is 356 g/mol. The van der Waals surface area contributed by atoms with Crippen molar-refractivity contribution in [3.8, 4) is 0 Å². The number of likely N-dealkylation sites (N-methyl/N-ethyl adjacent to an activating group) is 1. The molecule has 0 aliphatic rings. The smallest absolute Gasteiger partial charge is 0.243 e. The molecule has 1 aromatic carbocycles. The van der Waals surface area contributed by atoms with Crippen molar-refractivity contribution in [3.63, 3.8) is 0 Å². The van der Waals surface area contributed by atoms with E-state index in [0.717, 1.165) is 5.56 Å². The van der Waals surface area contributed by atoms with Gasteiger partial charge in [0, 0.05) is 26.3 Å². The van der Waals surface area contributed by atoms with Crippen LogP contribution in [0, 0.1) is 13.8 Å². The maximum Gasteiger partial charge on any atom is 0.243 e. The molecule has 1 amide bonds. The van der Waals surface area contributed by atoms with Crippen LogP contribution in [0.15, 0.2) is 23.1 Å². The fraction of sp³-hybridized carbons (Fsp3) is 0.588. The Labute approximate surface area is 145 Å². The highest BCUT2D eigenvalue weighted by molar-refractivity contribution is 7.89. The second kappa shape index (κ2) is 9.76. The second-order valence-electron chi connectivity index (χ2n) is 5.60. The zero-order chi connectivity index (χ0) is 18.2. The van der Waals surface area contributed by atoms with Gasteiger partial charge in [0.05, 0.1) is 11.4 Å². The first kappa shape index (κ1) is 20.6. The van der Waals surface area contributed by atoms with Gasteiger partial charge in [-0.3, -0.25) is 4.79 Å². The van der Waals surface area contributed by atoms with E-state index in [4.69, 9.17) is 4.74 Å². The number of benzene rings is 1. The van der Waals surface area contributed by atoms with Gasteiger partial charge in [-0.25, -0.2) is 8.42 Å². The Morgan fingerprint density at radius 2 is 1.96 bits per heavy atom. The molecule has 0 heterocycles. The first-order valence-corrected chi connectivity index (χ1v) is 9.68. The van der Waals surface area contributed by atoms with Crippen molar-refractivity contribution in [2.75, 3.05) is 32.8 Å². The summed E-state index contributed by atoms with van der Waals surface area (Å²) in [5.74, 6) is -0.303. The predicted molar refractivity (Wildman–Crippen MR) is 94.5 cm³/mol. The molecular formula is C17H28N2O4S. The number of hydrogen-bond acceptors (Lipinski definition) is 4. The third-order valence-electron chi connectivity index (χ3n) is 3.63. The number of ether oxygens (including phenoxy) is 1. The van der Waals surface area contributed by atoms with E-state index in [9.17, 15) is 13.2 Å². The highest BCUT2D eigenvalue weighted by Gasteiger charge is 2.26. The molecule has 0 bridgehead atoms. The van der Waals surface area contributed by atoms with E-state index >= 15 is 0 Å². The molecule has 1 N–H and O–H groups in total. The van der Waals surface area contributed by atoms with Crippen LogP contribution in [0.25, 0.3) is 0 Å². The van der Waals surface area contributed by atoms with E-state index in [1.165, 1.54) is 4.31 Å². The molecule has 7 heteroatoms. The molecule has 0 radical (unpaired) electrons. The van der Waals surface area contributed by atoms with E-state index in [1.54, 1.807) is 26.0 Å². The molecule has 1 rings (SSSR count). The minimum atomic E-state index is -3.69. The largest absolute Gasteiger partial charge is 0.382 e. The molecule has 0 atom stereocenters. The third kappa shape index (κ3) is 5.89. The summed E-state index contributed by atoms with van der Waals surface area (Å²) < 4.78 is 32.0. The summed E-state index contributed by atoms with van der Waals surface area (Å²) in [5, 5.41) is 2.73. The molecule has 0 saturated heterocycles. The molecule has 1 aromatic rings. The summed E-state index contributed by atoms with van der Waals surface area (Å²) in [6.45, 7) is 9.00. The van der Waals surface area contributed by atoms with Gasteiger partial charge in [0.1, 0.15) is 0 Å². The van der Waals surface area contributed by atoms with E-state index in [1.807, 2.05) is 19.9 Å². The summed E-state index contributed by atoms with van der Waals surface area (Å²) in [6, 6.07) is 5.30. The van der Waals surface area contributed by atoms with Crippen molar-refractivity contribution >= 4 is 15.9 Å². The van der Waals surface area contributed by atoms with Crippen LogP contribution in [-0.4, -0.2) is 51.5 Å². The summed E-state index contributed by atoms with van der Waals surface area (Å²) in [4.78, 5) is 12.3. The molecule has 0 unspecified atom stereocenters. The number of nitrogens with one attached hydrogen (secondary N) is 1. The van der Waals surface area contributed by atoms with Crippen molar-refractivity contribution in [3.05, 3.63) is 29.3 Å². The van der Waals surface area contributed by atoms with Crippen LogP contribution in [0.4, 0.5) is 0 Å². The average Bonchev–Trinajstić information content (AvgIpc) is 2.54. The number of carbonyl (C=O) groups is 1. The Hall–Kier alpha value is -1.44. The second-order valence-corrected chi connectivity index (χ2v) is 7.51. The lowest BCUT2D eigenvalue weighted by Crippen LogP contribution is -2.41. The van der Waals surface area contributed by atoms with Crippen LogP contribution in [0.5, 0.6) is 0 Å². The van der Waals surface area contributed by atoms with Gasteiger partial charge in [-0.15, -0.1) is 0 Å². The molecule has 0 spiro atoms. The van der Waals surface area contributed by atoms with Crippen LogP contribution in [0.3, 0.4) is 0 Å². The lowest BCUT2D eigenvalue weighted by Gasteiger charge is -2.21. The maximum atomic E-state index is 12.8. The van der Waals surface area contributed by atoms with Crippen LogP contribution >= 0.6 is 0 Å². The Morgan fingerprint density at radius 1 is 1.25 bits per heavy atom. The summed E-state index contributed by atoms with van der Waals surface area (Å²) >= 11 is 0. The Bertz CT molecular complexity index is 644. The zero-order valence-corrected chi connectivity index (χ0v) is 15.8. The molecule has 0 fully saturated rings. The molecule has 24 heavy (non-hydrogen) atoms. The van der Waals surface area contributed by atoms with Gasteiger partial charge < -0.3 is 10.1 Å². The number of carbonyl (C=O) groups excluding carboxylic acids is 1. The standard InChI is InChI=1S/C17H28N2O4S/c1-5-19(13-17(20)18-10-7-11-23-6-2)24(21,22)16-12-14(3)8-9-15(16)4/h8-9,12H,5-7,10-11,13H2,1-4H3,(H,18,20). The topological polar surface area (TPSA) is 75.7 Å². The minimum Gasteiger partial charge on any atom is -0.382 e. The van der Waals surface area contributed by atoms with Gasteiger partial charge in [-0.2, -0.15) is 4.31 Å². The van der Waals surface area contributed by atoms with Crippen LogP contribution in [0.2, 0.25) is 0 Å². The number of aryl methyl sites for hydroxylation is 2. The fourth-order valence-corrected chi connectivity index (χ4v) is 3.97. The fourth-order valence-electron chi connectivity index (χ4n) is 2.25. The predicted octanol–water partition coefficient (Wildman–Crippen LogP) is 1.86. The molecule has 136 valence electrons. The van der Waals surface area contributed by atoms with Gasteiger partial charge >= 0.3 is 0 Å². The summed E-state index contributed by atoms with van der Waals surface area (Å²) in [5.41, 5.74) is 1.55. The quantitative estimate of drug-likeness (QED) is 0.649. The highest BCUT2D eigenvalue weighted by Crippen LogP contribution is 2.21. The van der Waals surface area contributed by atoms with Crippen molar-refractivity contribution in [2.45, 2.75) is 39.0 Å². The maximum absolute atomic E-state index is 12.8. The number of rotatable bonds is 10. The van der Waals surface area contributed by atoms with E-state index in [0.29, 0.717) is 31.7 Å². The molecule has 6 nitrogen and oxygen atoms in total. The van der Waals surface area contributed by atoms with Crippen molar-refractivity contribution < 1.29 is 17.9 Å². The van der Waals surface area contributed by atoms with Crippen molar-refractivity contribution in [2.24, 2.45) is 0 Å². The normalized spacial score (nSPS) is 11.7. The van der Waals surface area contributed by atoms with E-state index in [-0.39, 0.29) is 23.9 Å². The Kier molecular flexibility index (Phi) is 8.38. The van der Waals surface area contributed by atoms with Gasteiger partial charge in [0.25, 0.3) is 0 Å². The first-order valence-electron chi connectivity index (χ1n) is 8.24. The van der Waals surface area contributed by atoms with Crippen LogP contribution in [0.1, 0.15) is 31.4 Å². The number of amides is 1. The highest BCUT2D eigenvalue weighted by atomic mass is 32.2. The summed E-state index contributed by atoms with van der Waals surface area (Å²) in [7, 11) is -3.69. The first-order chi connectivity index (χ1) is 11.3. The lowest BCUT2D eigenvalue weighted by atomic mass is 10.2.